The first-order chi connectivity index (χ1) is 12.6. The van der Waals surface area contributed by atoms with Gasteiger partial charge in [-0.1, -0.05) is 12.8 Å². The molecule has 2 fully saturated rings. The summed E-state index contributed by atoms with van der Waals surface area (Å²) in [5.41, 5.74) is 3.15. The lowest BCUT2D eigenvalue weighted by Gasteiger charge is -2.16. The average Bonchev–Trinajstić information content (AvgIpc) is 3.34. The third-order valence-corrected chi connectivity index (χ3v) is 4.98. The van der Waals surface area contributed by atoms with Crippen LogP contribution in [0, 0.1) is 0 Å². The maximum absolute atomic E-state index is 10.2. The van der Waals surface area contributed by atoms with Gasteiger partial charge in [-0.3, -0.25) is 4.84 Å². The number of aliphatic hydroxyl groups is 3. The van der Waals surface area contributed by atoms with Crippen molar-refractivity contribution in [2.24, 2.45) is 0 Å². The average molecular weight is 386 g/mol. The summed E-state index contributed by atoms with van der Waals surface area (Å²) in [6, 6.07) is 0. The summed E-state index contributed by atoms with van der Waals surface area (Å²) in [5.74, 6) is 0.366. The van der Waals surface area contributed by atoms with Gasteiger partial charge in [0.25, 0.3) is 0 Å². The van der Waals surface area contributed by atoms with Crippen LogP contribution in [0.1, 0.15) is 31.9 Å². The fourth-order valence-electron chi connectivity index (χ4n) is 3.39. The number of rotatable bonds is 5. The molecule has 11 heteroatoms. The van der Waals surface area contributed by atoms with Gasteiger partial charge >= 0.3 is 0 Å². The van der Waals surface area contributed by atoms with Crippen LogP contribution in [-0.2, 0) is 9.57 Å². The third kappa shape index (κ3) is 3.13. The van der Waals surface area contributed by atoms with Gasteiger partial charge in [0.1, 0.15) is 18.3 Å². The summed E-state index contributed by atoms with van der Waals surface area (Å²) < 4.78 is 6.82. The Morgan fingerprint density at radius 2 is 2.04 bits per heavy atom. The molecule has 0 spiro atoms. The van der Waals surface area contributed by atoms with Crippen LogP contribution in [0.25, 0.3) is 11.0 Å². The number of nitrogens with one attached hydrogen (secondary N) is 1. The molecule has 10 nitrogen and oxygen atoms in total. The molecule has 4 N–H and O–H groups in total. The van der Waals surface area contributed by atoms with Crippen molar-refractivity contribution in [3.8, 4) is 0 Å². The van der Waals surface area contributed by atoms with E-state index in [0.717, 1.165) is 25.7 Å². The van der Waals surface area contributed by atoms with Gasteiger partial charge in [0.2, 0.25) is 5.28 Å². The molecule has 0 bridgehead atoms. The minimum absolute atomic E-state index is 0.0245. The number of hydrogen-bond donors (Lipinski definition) is 4. The molecule has 2 aliphatic rings. The summed E-state index contributed by atoms with van der Waals surface area (Å²) >= 11 is 6.02. The van der Waals surface area contributed by atoms with Gasteiger partial charge in [-0.15, -0.1) is 0 Å². The molecule has 4 rings (SSSR count). The van der Waals surface area contributed by atoms with Gasteiger partial charge in [0, 0.05) is 0 Å². The van der Waals surface area contributed by atoms with E-state index in [1.807, 2.05) is 0 Å². The molecule has 0 aromatic carbocycles. The van der Waals surface area contributed by atoms with E-state index in [-0.39, 0.29) is 11.4 Å². The fraction of sp³-hybridized carbons (Fsp3) is 0.667. The molecular formula is C15H20ClN5O5. The molecule has 1 aliphatic carbocycles. The van der Waals surface area contributed by atoms with Gasteiger partial charge in [-0.05, 0) is 24.4 Å². The van der Waals surface area contributed by atoms with Crippen molar-refractivity contribution in [2.75, 3.05) is 12.1 Å². The molecule has 1 saturated heterocycles. The van der Waals surface area contributed by atoms with Crippen LogP contribution in [0.3, 0.4) is 0 Å². The summed E-state index contributed by atoms with van der Waals surface area (Å²) in [4.78, 5) is 14.0. The molecule has 4 atom stereocenters. The molecule has 0 unspecified atom stereocenters. The van der Waals surface area contributed by atoms with Crippen LogP contribution in [0.2, 0.25) is 5.28 Å². The van der Waals surface area contributed by atoms with Crippen LogP contribution in [0.5, 0.6) is 0 Å². The number of fused-ring (bicyclic) bond motifs is 1. The van der Waals surface area contributed by atoms with Crippen LogP contribution >= 0.6 is 11.6 Å². The number of aliphatic hydroxyl groups excluding tert-OH is 3. The Labute approximate surface area is 153 Å². The summed E-state index contributed by atoms with van der Waals surface area (Å²) in [6.45, 7) is -0.425. The molecule has 2 aromatic heterocycles. The lowest BCUT2D eigenvalue weighted by atomic mass is 10.1. The Morgan fingerprint density at radius 1 is 1.27 bits per heavy atom. The van der Waals surface area contributed by atoms with Crippen molar-refractivity contribution in [1.29, 1.82) is 0 Å². The highest BCUT2D eigenvalue weighted by Crippen LogP contribution is 2.33. The highest BCUT2D eigenvalue weighted by atomic mass is 35.5. The van der Waals surface area contributed by atoms with E-state index in [0.29, 0.717) is 16.9 Å². The van der Waals surface area contributed by atoms with Crippen molar-refractivity contribution in [2.45, 2.75) is 56.3 Å². The SMILES string of the molecule is OC[C@H]1O[C@@H](n2ncc3c(NOC4CCCC4)nc(Cl)nc32)[C@H](O)[C@@H]1O. The van der Waals surface area contributed by atoms with Gasteiger partial charge < -0.3 is 20.1 Å². The zero-order chi connectivity index (χ0) is 18.3. The minimum Gasteiger partial charge on any atom is -0.394 e. The second kappa shape index (κ2) is 7.22. The van der Waals surface area contributed by atoms with Crippen LogP contribution < -0.4 is 5.48 Å². The van der Waals surface area contributed by atoms with Crippen LogP contribution in [0.15, 0.2) is 6.20 Å². The number of ether oxygens (including phenoxy) is 1. The van der Waals surface area contributed by atoms with Crippen molar-refractivity contribution >= 4 is 28.5 Å². The Morgan fingerprint density at radius 3 is 2.73 bits per heavy atom. The van der Waals surface area contributed by atoms with E-state index >= 15 is 0 Å². The molecule has 26 heavy (non-hydrogen) atoms. The zero-order valence-electron chi connectivity index (χ0n) is 13.8. The van der Waals surface area contributed by atoms with Crippen molar-refractivity contribution in [3.63, 3.8) is 0 Å². The summed E-state index contributed by atoms with van der Waals surface area (Å²) in [5, 5.41) is 34.1. The fourth-order valence-corrected chi connectivity index (χ4v) is 3.56. The van der Waals surface area contributed by atoms with E-state index in [1.54, 1.807) is 0 Å². The van der Waals surface area contributed by atoms with Gasteiger partial charge in [-0.25, -0.2) is 10.2 Å². The number of hydrogen-bond acceptors (Lipinski definition) is 9. The smallest absolute Gasteiger partial charge is 0.226 e. The first-order valence-electron chi connectivity index (χ1n) is 8.53. The second-order valence-corrected chi connectivity index (χ2v) is 6.86. The molecule has 1 aliphatic heterocycles. The first kappa shape index (κ1) is 17.8. The molecule has 0 amide bonds. The highest BCUT2D eigenvalue weighted by Gasteiger charge is 2.44. The molecule has 3 heterocycles. The molecule has 2 aromatic rings. The van der Waals surface area contributed by atoms with E-state index in [9.17, 15) is 15.3 Å². The van der Waals surface area contributed by atoms with Crippen LogP contribution in [0.4, 0.5) is 5.82 Å². The standard InChI is InChI=1S/C15H20ClN5O5/c16-15-18-12(20-26-7-3-1-2-4-7)8-5-17-21(13(8)19-15)14-11(24)10(23)9(6-22)25-14/h5,7,9-11,14,22-24H,1-4,6H2,(H,18,19,20)/t9-,10-,11-,14-/m1/s1. The maximum Gasteiger partial charge on any atom is 0.226 e. The van der Waals surface area contributed by atoms with Crippen molar-refractivity contribution in [1.82, 2.24) is 19.7 Å². The molecule has 0 radical (unpaired) electrons. The molecular weight excluding hydrogens is 366 g/mol. The largest absolute Gasteiger partial charge is 0.394 e. The summed E-state index contributed by atoms with van der Waals surface area (Å²) in [6.07, 6.45) is 1.44. The maximum atomic E-state index is 10.2. The zero-order valence-corrected chi connectivity index (χ0v) is 14.6. The predicted molar refractivity (Wildman–Crippen MR) is 90.3 cm³/mol. The van der Waals surface area contributed by atoms with E-state index in [4.69, 9.17) is 21.2 Å². The molecule has 142 valence electrons. The number of halogens is 1. The Balaban J connectivity index is 1.63. The number of anilines is 1. The summed E-state index contributed by atoms with van der Waals surface area (Å²) in [7, 11) is 0. The topological polar surface area (TPSA) is 135 Å². The van der Waals surface area contributed by atoms with Crippen LogP contribution in [-0.4, -0.2) is 66.1 Å². The number of nitrogens with zero attached hydrogens (tertiary/aromatic N) is 4. The quantitative estimate of drug-likeness (QED) is 0.425. The van der Waals surface area contributed by atoms with E-state index in [1.165, 1.54) is 10.9 Å². The number of aromatic nitrogens is 4. The second-order valence-electron chi connectivity index (χ2n) is 6.52. The van der Waals surface area contributed by atoms with Gasteiger partial charge in [0.05, 0.1) is 24.3 Å². The van der Waals surface area contributed by atoms with Crippen molar-refractivity contribution in [3.05, 3.63) is 11.5 Å². The van der Waals surface area contributed by atoms with Gasteiger partial charge in [0.15, 0.2) is 17.7 Å². The lowest BCUT2D eigenvalue weighted by molar-refractivity contribution is -0.0566. The Kier molecular flexibility index (Phi) is 4.95. The van der Waals surface area contributed by atoms with Crippen molar-refractivity contribution < 1.29 is 24.9 Å². The predicted octanol–water partition coefficient (Wildman–Crippen LogP) is 0.377. The lowest BCUT2D eigenvalue weighted by Crippen LogP contribution is -2.33. The third-order valence-electron chi connectivity index (χ3n) is 4.81. The monoisotopic (exact) mass is 385 g/mol. The Bertz CT molecular complexity index is 783. The van der Waals surface area contributed by atoms with E-state index < -0.39 is 31.1 Å². The first-order valence-corrected chi connectivity index (χ1v) is 8.91. The minimum atomic E-state index is -1.27. The highest BCUT2D eigenvalue weighted by molar-refractivity contribution is 6.28. The Hall–Kier alpha value is -1.56. The van der Waals surface area contributed by atoms with E-state index in [2.05, 4.69) is 20.5 Å². The van der Waals surface area contributed by atoms with Gasteiger partial charge in [-0.2, -0.15) is 15.1 Å². The molecule has 1 saturated carbocycles. The normalized spacial score (nSPS) is 29.7.